The fourth-order valence-corrected chi connectivity index (χ4v) is 2.70. The van der Waals surface area contributed by atoms with Gasteiger partial charge in [-0.15, -0.1) is 0 Å². The van der Waals surface area contributed by atoms with Gasteiger partial charge in [-0.1, -0.05) is 12.8 Å². The van der Waals surface area contributed by atoms with Crippen LogP contribution >= 0.6 is 0 Å². The Labute approximate surface area is 108 Å². The molecule has 2 rings (SSSR count). The molecule has 0 unspecified atom stereocenters. The van der Waals surface area contributed by atoms with Crippen LogP contribution in [0.3, 0.4) is 0 Å². The van der Waals surface area contributed by atoms with Gasteiger partial charge in [-0.2, -0.15) is 0 Å². The third-order valence-corrected chi connectivity index (χ3v) is 3.87. The van der Waals surface area contributed by atoms with Crippen LogP contribution in [0.15, 0.2) is 0 Å². The minimum atomic E-state index is -0.526. The molecule has 5 nitrogen and oxygen atoms in total. The third kappa shape index (κ3) is 3.93. The summed E-state index contributed by atoms with van der Waals surface area (Å²) < 4.78 is 5.21. The Hall–Kier alpha value is -0.650. The number of amides is 1. The van der Waals surface area contributed by atoms with E-state index >= 15 is 0 Å². The van der Waals surface area contributed by atoms with Crippen LogP contribution in [0, 0.1) is 0 Å². The Morgan fingerprint density at radius 3 is 2.61 bits per heavy atom. The summed E-state index contributed by atoms with van der Waals surface area (Å²) >= 11 is 0. The highest BCUT2D eigenvalue weighted by molar-refractivity contribution is 5.76. The minimum Gasteiger partial charge on any atom is -0.389 e. The number of carbonyl (C=O) groups is 1. The van der Waals surface area contributed by atoms with Crippen molar-refractivity contribution in [2.24, 2.45) is 0 Å². The molecular weight excluding hydrogens is 232 g/mol. The molecule has 1 amide bonds. The standard InChI is InChI=1S/C13H24N2O3/c16-12(15-7-9-18-10-8-15)3-6-14-11-13(17)4-1-2-5-13/h14,17H,1-11H2. The molecule has 5 heteroatoms. The van der Waals surface area contributed by atoms with Crippen molar-refractivity contribution in [1.29, 1.82) is 0 Å². The monoisotopic (exact) mass is 256 g/mol. The molecule has 1 aliphatic heterocycles. The highest BCUT2D eigenvalue weighted by atomic mass is 16.5. The highest BCUT2D eigenvalue weighted by Gasteiger charge is 2.30. The van der Waals surface area contributed by atoms with Crippen molar-refractivity contribution < 1.29 is 14.6 Å². The number of hydrogen-bond donors (Lipinski definition) is 2. The number of aliphatic hydroxyl groups is 1. The van der Waals surface area contributed by atoms with E-state index < -0.39 is 5.60 Å². The predicted molar refractivity (Wildman–Crippen MR) is 68.3 cm³/mol. The van der Waals surface area contributed by atoms with Crippen LogP contribution in [0.25, 0.3) is 0 Å². The van der Waals surface area contributed by atoms with Crippen molar-refractivity contribution in [1.82, 2.24) is 10.2 Å². The second-order valence-corrected chi connectivity index (χ2v) is 5.35. The van der Waals surface area contributed by atoms with Crippen LogP contribution in [0.4, 0.5) is 0 Å². The van der Waals surface area contributed by atoms with Crippen LogP contribution in [-0.2, 0) is 9.53 Å². The van der Waals surface area contributed by atoms with E-state index in [-0.39, 0.29) is 5.91 Å². The first kappa shape index (κ1) is 13.8. The van der Waals surface area contributed by atoms with E-state index in [0.717, 1.165) is 25.7 Å². The molecule has 1 saturated heterocycles. The Morgan fingerprint density at radius 1 is 1.28 bits per heavy atom. The molecular formula is C13H24N2O3. The maximum absolute atomic E-state index is 11.8. The Bertz CT molecular complexity index is 271. The molecule has 1 saturated carbocycles. The molecule has 0 aromatic carbocycles. The second kappa shape index (κ2) is 6.50. The van der Waals surface area contributed by atoms with E-state index in [2.05, 4.69) is 5.32 Å². The lowest BCUT2D eigenvalue weighted by atomic mass is 10.0. The highest BCUT2D eigenvalue weighted by Crippen LogP contribution is 2.28. The molecule has 0 radical (unpaired) electrons. The number of nitrogens with zero attached hydrogens (tertiary/aromatic N) is 1. The van der Waals surface area contributed by atoms with Crippen LogP contribution in [-0.4, -0.2) is 60.9 Å². The molecule has 2 fully saturated rings. The predicted octanol–water partition coefficient (Wildman–Crippen LogP) is 0.130. The van der Waals surface area contributed by atoms with E-state index in [0.29, 0.717) is 45.8 Å². The van der Waals surface area contributed by atoms with Crippen molar-refractivity contribution >= 4 is 5.91 Å². The van der Waals surface area contributed by atoms with Crippen LogP contribution in [0.2, 0.25) is 0 Å². The zero-order chi connectivity index (χ0) is 12.8. The van der Waals surface area contributed by atoms with Gasteiger partial charge in [0.25, 0.3) is 0 Å². The van der Waals surface area contributed by atoms with E-state index in [1.807, 2.05) is 4.90 Å². The van der Waals surface area contributed by atoms with Gasteiger partial charge in [0, 0.05) is 32.6 Å². The number of nitrogens with one attached hydrogen (secondary N) is 1. The summed E-state index contributed by atoms with van der Waals surface area (Å²) in [7, 11) is 0. The van der Waals surface area contributed by atoms with Crippen LogP contribution < -0.4 is 5.32 Å². The van der Waals surface area contributed by atoms with Gasteiger partial charge in [0.05, 0.1) is 18.8 Å². The molecule has 18 heavy (non-hydrogen) atoms. The van der Waals surface area contributed by atoms with Crippen LogP contribution in [0.1, 0.15) is 32.1 Å². The summed E-state index contributed by atoms with van der Waals surface area (Å²) in [4.78, 5) is 13.7. The first-order valence-electron chi connectivity index (χ1n) is 6.98. The Kier molecular flexibility index (Phi) is 4.97. The zero-order valence-electron chi connectivity index (χ0n) is 11.0. The molecule has 2 aliphatic rings. The summed E-state index contributed by atoms with van der Waals surface area (Å²) in [5.74, 6) is 0.184. The van der Waals surface area contributed by atoms with E-state index in [4.69, 9.17) is 4.74 Å². The van der Waals surface area contributed by atoms with Crippen molar-refractivity contribution in [2.45, 2.75) is 37.7 Å². The fourth-order valence-electron chi connectivity index (χ4n) is 2.70. The van der Waals surface area contributed by atoms with Crippen molar-refractivity contribution in [3.63, 3.8) is 0 Å². The molecule has 1 heterocycles. The van der Waals surface area contributed by atoms with Crippen molar-refractivity contribution in [3.8, 4) is 0 Å². The average molecular weight is 256 g/mol. The van der Waals surface area contributed by atoms with Gasteiger partial charge >= 0.3 is 0 Å². The van der Waals surface area contributed by atoms with Gasteiger partial charge in [-0.3, -0.25) is 4.79 Å². The molecule has 0 bridgehead atoms. The van der Waals surface area contributed by atoms with Crippen molar-refractivity contribution in [3.05, 3.63) is 0 Å². The average Bonchev–Trinajstić information content (AvgIpc) is 2.83. The molecule has 1 aliphatic carbocycles. The number of rotatable bonds is 5. The Morgan fingerprint density at radius 2 is 1.94 bits per heavy atom. The second-order valence-electron chi connectivity index (χ2n) is 5.35. The maximum Gasteiger partial charge on any atom is 0.224 e. The van der Waals surface area contributed by atoms with E-state index in [9.17, 15) is 9.90 Å². The van der Waals surface area contributed by atoms with Gasteiger partial charge in [-0.25, -0.2) is 0 Å². The zero-order valence-corrected chi connectivity index (χ0v) is 11.0. The number of morpholine rings is 1. The quantitative estimate of drug-likeness (QED) is 0.686. The minimum absolute atomic E-state index is 0.184. The molecule has 0 aromatic rings. The summed E-state index contributed by atoms with van der Waals surface area (Å²) in [5.41, 5.74) is -0.526. The smallest absolute Gasteiger partial charge is 0.224 e. The van der Waals surface area contributed by atoms with E-state index in [1.54, 1.807) is 0 Å². The third-order valence-electron chi connectivity index (χ3n) is 3.87. The molecule has 104 valence electrons. The van der Waals surface area contributed by atoms with Gasteiger partial charge < -0.3 is 20.1 Å². The van der Waals surface area contributed by atoms with Crippen molar-refractivity contribution in [2.75, 3.05) is 39.4 Å². The molecule has 0 aromatic heterocycles. The number of ether oxygens (including phenoxy) is 1. The first-order chi connectivity index (χ1) is 8.70. The lowest BCUT2D eigenvalue weighted by Crippen LogP contribution is -2.43. The summed E-state index contributed by atoms with van der Waals surface area (Å²) in [6.07, 6.45) is 4.51. The topological polar surface area (TPSA) is 61.8 Å². The van der Waals surface area contributed by atoms with Gasteiger partial charge in [-0.05, 0) is 12.8 Å². The lowest BCUT2D eigenvalue weighted by molar-refractivity contribution is -0.135. The molecule has 0 atom stereocenters. The summed E-state index contributed by atoms with van der Waals surface area (Å²) in [5, 5.41) is 13.3. The SMILES string of the molecule is O=C(CCNCC1(O)CCCC1)N1CCOCC1. The maximum atomic E-state index is 11.8. The Balaban J connectivity index is 1.58. The number of hydrogen-bond acceptors (Lipinski definition) is 4. The van der Waals surface area contributed by atoms with Gasteiger partial charge in [0.1, 0.15) is 0 Å². The number of carbonyl (C=O) groups excluding carboxylic acids is 1. The summed E-state index contributed by atoms with van der Waals surface area (Å²) in [6, 6.07) is 0. The van der Waals surface area contributed by atoms with Gasteiger partial charge in [0.15, 0.2) is 0 Å². The lowest BCUT2D eigenvalue weighted by Gasteiger charge is -2.27. The largest absolute Gasteiger partial charge is 0.389 e. The normalized spacial score (nSPS) is 23.3. The first-order valence-corrected chi connectivity index (χ1v) is 6.98. The molecule has 2 N–H and O–H groups in total. The van der Waals surface area contributed by atoms with Crippen LogP contribution in [0.5, 0.6) is 0 Å². The van der Waals surface area contributed by atoms with Gasteiger partial charge in [0.2, 0.25) is 5.91 Å². The molecule has 0 spiro atoms. The fraction of sp³-hybridized carbons (Fsp3) is 0.923. The van der Waals surface area contributed by atoms with E-state index in [1.165, 1.54) is 0 Å². The summed E-state index contributed by atoms with van der Waals surface area (Å²) in [6.45, 7) is 3.99.